The van der Waals surface area contributed by atoms with Crippen molar-refractivity contribution in [3.63, 3.8) is 0 Å². The Balaban J connectivity index is 1.89. The van der Waals surface area contributed by atoms with Gasteiger partial charge in [-0.05, 0) is 75.8 Å². The molecule has 1 aromatic heterocycles. The molecule has 1 heterocycles. The van der Waals surface area contributed by atoms with E-state index in [1.54, 1.807) is 34.6 Å². The number of amides is 2. The molecule has 13 heteroatoms. The second-order valence-corrected chi connectivity index (χ2v) is 11.7. The average molecular weight is 614 g/mol. The van der Waals surface area contributed by atoms with Crippen molar-refractivity contribution in [1.82, 2.24) is 15.6 Å². The highest BCUT2D eigenvalue weighted by molar-refractivity contribution is 6.03. The van der Waals surface area contributed by atoms with Gasteiger partial charge in [0.1, 0.15) is 23.1 Å². The van der Waals surface area contributed by atoms with Crippen molar-refractivity contribution in [1.29, 1.82) is 0 Å². The van der Waals surface area contributed by atoms with Crippen molar-refractivity contribution in [2.45, 2.75) is 72.3 Å². The molecule has 1 fully saturated rings. The standard InChI is InChI=1S/C31H39N3O10/c1-16(2)24(34-30(40)44-31(4,5)6)28(38)42-17(3)43-29(39)25-20(22-14-19(41-7)10-11-21(22)27(36)37)12-13-23(33-25)26(35)32-15-18-8-9-18/h10-14,16-18,24H,8-9,15H2,1-7H3,(H,32,35)(H,34,40)(H,36,37). The van der Waals surface area contributed by atoms with E-state index in [0.717, 1.165) is 12.8 Å². The molecule has 3 rings (SSSR count). The van der Waals surface area contributed by atoms with Crippen LogP contribution in [0.25, 0.3) is 11.1 Å². The van der Waals surface area contributed by atoms with Crippen LogP contribution in [-0.2, 0) is 19.0 Å². The van der Waals surface area contributed by atoms with Gasteiger partial charge < -0.3 is 34.7 Å². The number of carboxylic acids is 1. The summed E-state index contributed by atoms with van der Waals surface area (Å²) in [6, 6.07) is 5.84. The number of rotatable bonds is 12. The van der Waals surface area contributed by atoms with Crippen LogP contribution in [0.4, 0.5) is 4.79 Å². The van der Waals surface area contributed by atoms with Gasteiger partial charge in [-0.15, -0.1) is 0 Å². The fraction of sp³-hybridized carbons (Fsp3) is 0.484. The van der Waals surface area contributed by atoms with Crippen LogP contribution >= 0.6 is 0 Å². The van der Waals surface area contributed by atoms with Crippen LogP contribution in [-0.4, -0.2) is 71.6 Å². The summed E-state index contributed by atoms with van der Waals surface area (Å²) < 4.78 is 21.2. The third-order valence-electron chi connectivity index (χ3n) is 6.46. The molecule has 2 unspecified atom stereocenters. The molecule has 13 nitrogen and oxygen atoms in total. The van der Waals surface area contributed by atoms with Gasteiger partial charge in [-0.1, -0.05) is 13.8 Å². The SMILES string of the molecule is COc1ccc(C(=O)O)c(-c2ccc(C(=O)NCC3CC3)nc2C(=O)OC(C)OC(=O)C(NC(=O)OC(C)(C)C)C(C)C)c1. The number of ether oxygens (including phenoxy) is 4. The zero-order valence-electron chi connectivity index (χ0n) is 25.9. The summed E-state index contributed by atoms with van der Waals surface area (Å²) in [6.45, 7) is 10.2. The molecule has 44 heavy (non-hydrogen) atoms. The zero-order chi connectivity index (χ0) is 32.8. The molecule has 0 saturated heterocycles. The molecule has 1 aliphatic rings. The summed E-state index contributed by atoms with van der Waals surface area (Å²) in [4.78, 5) is 67.8. The van der Waals surface area contributed by atoms with Crippen LogP contribution in [0.2, 0.25) is 0 Å². The zero-order valence-corrected chi connectivity index (χ0v) is 25.9. The van der Waals surface area contributed by atoms with E-state index < -0.39 is 53.8 Å². The topological polar surface area (TPSA) is 179 Å². The highest BCUT2D eigenvalue weighted by Crippen LogP contribution is 2.32. The minimum absolute atomic E-state index is 0.0511. The van der Waals surface area contributed by atoms with Crippen molar-refractivity contribution in [3.8, 4) is 16.9 Å². The number of esters is 2. The molecule has 2 atom stereocenters. The Bertz CT molecular complexity index is 1410. The van der Waals surface area contributed by atoms with Gasteiger partial charge in [0, 0.05) is 24.6 Å². The number of carboxylic acid groups (broad SMARTS) is 1. The Hall–Kier alpha value is -4.68. The van der Waals surface area contributed by atoms with Gasteiger partial charge in [0.05, 0.1) is 12.7 Å². The largest absolute Gasteiger partial charge is 0.497 e. The predicted molar refractivity (Wildman–Crippen MR) is 157 cm³/mol. The Morgan fingerprint density at radius 1 is 1.00 bits per heavy atom. The first-order valence-corrected chi connectivity index (χ1v) is 14.2. The smallest absolute Gasteiger partial charge is 0.408 e. The lowest BCUT2D eigenvalue weighted by atomic mass is 9.97. The van der Waals surface area contributed by atoms with E-state index >= 15 is 0 Å². The highest BCUT2D eigenvalue weighted by Gasteiger charge is 2.31. The molecule has 1 aliphatic carbocycles. The van der Waals surface area contributed by atoms with Crippen LogP contribution in [0.5, 0.6) is 5.75 Å². The predicted octanol–water partition coefficient (Wildman–Crippen LogP) is 4.19. The maximum Gasteiger partial charge on any atom is 0.408 e. The normalized spacial score (nSPS) is 14.2. The first kappa shape index (κ1) is 33.8. The molecule has 1 saturated carbocycles. The number of pyridine rings is 1. The number of hydrogen-bond acceptors (Lipinski definition) is 10. The second kappa shape index (κ2) is 14.2. The molecule has 238 valence electrons. The summed E-state index contributed by atoms with van der Waals surface area (Å²) in [5.74, 6) is -3.45. The van der Waals surface area contributed by atoms with E-state index in [0.29, 0.717) is 18.2 Å². The van der Waals surface area contributed by atoms with Crippen LogP contribution in [0.1, 0.15) is 85.7 Å². The quantitative estimate of drug-likeness (QED) is 0.231. The lowest BCUT2D eigenvalue weighted by Crippen LogP contribution is -2.48. The first-order chi connectivity index (χ1) is 20.6. The van der Waals surface area contributed by atoms with Gasteiger partial charge in [-0.2, -0.15) is 0 Å². The number of nitrogens with one attached hydrogen (secondary N) is 2. The van der Waals surface area contributed by atoms with E-state index in [1.165, 1.54) is 44.4 Å². The number of methoxy groups -OCH3 is 1. The van der Waals surface area contributed by atoms with Crippen molar-refractivity contribution >= 4 is 29.9 Å². The Labute approximate surface area is 255 Å². The molecule has 2 aromatic rings. The number of aromatic carboxylic acids is 1. The van der Waals surface area contributed by atoms with E-state index in [2.05, 4.69) is 15.6 Å². The van der Waals surface area contributed by atoms with E-state index in [1.807, 2.05) is 0 Å². The van der Waals surface area contributed by atoms with Gasteiger partial charge in [-0.25, -0.2) is 24.2 Å². The van der Waals surface area contributed by atoms with Crippen molar-refractivity contribution in [3.05, 3.63) is 47.3 Å². The van der Waals surface area contributed by atoms with Crippen LogP contribution in [0, 0.1) is 11.8 Å². The molecule has 0 radical (unpaired) electrons. The number of carbonyl (C=O) groups excluding carboxylic acids is 4. The Kier molecular flexibility index (Phi) is 10.9. The summed E-state index contributed by atoms with van der Waals surface area (Å²) >= 11 is 0. The molecule has 1 aromatic carbocycles. The fourth-order valence-corrected chi connectivity index (χ4v) is 4.07. The van der Waals surface area contributed by atoms with Crippen LogP contribution < -0.4 is 15.4 Å². The van der Waals surface area contributed by atoms with E-state index in [4.69, 9.17) is 18.9 Å². The lowest BCUT2D eigenvalue weighted by molar-refractivity contribution is -0.169. The van der Waals surface area contributed by atoms with Crippen LogP contribution in [0.3, 0.4) is 0 Å². The minimum Gasteiger partial charge on any atom is -0.497 e. The van der Waals surface area contributed by atoms with Crippen molar-refractivity contribution in [2.75, 3.05) is 13.7 Å². The number of carbonyl (C=O) groups is 5. The number of nitrogens with zero attached hydrogens (tertiary/aromatic N) is 1. The summed E-state index contributed by atoms with van der Waals surface area (Å²) in [6.07, 6.45) is -0.252. The molecule has 2 amide bonds. The number of aromatic nitrogens is 1. The van der Waals surface area contributed by atoms with Gasteiger partial charge in [0.2, 0.25) is 6.29 Å². The van der Waals surface area contributed by atoms with Gasteiger partial charge >= 0.3 is 24.0 Å². The molecular formula is C31H39N3O10. The first-order valence-electron chi connectivity index (χ1n) is 14.2. The number of alkyl carbamates (subject to hydrolysis) is 1. The lowest BCUT2D eigenvalue weighted by Gasteiger charge is -2.25. The number of hydrogen-bond donors (Lipinski definition) is 3. The molecule has 0 aliphatic heterocycles. The summed E-state index contributed by atoms with van der Waals surface area (Å²) in [5.41, 5.74) is -1.28. The minimum atomic E-state index is -1.46. The second-order valence-electron chi connectivity index (χ2n) is 11.7. The molecular weight excluding hydrogens is 574 g/mol. The van der Waals surface area contributed by atoms with Crippen LogP contribution in [0.15, 0.2) is 30.3 Å². The third kappa shape index (κ3) is 9.41. The third-order valence-corrected chi connectivity index (χ3v) is 6.46. The van der Waals surface area contributed by atoms with Crippen molar-refractivity contribution < 1.29 is 48.0 Å². The number of benzene rings is 1. The van der Waals surface area contributed by atoms with E-state index in [-0.39, 0.29) is 28.1 Å². The highest BCUT2D eigenvalue weighted by atomic mass is 16.7. The van der Waals surface area contributed by atoms with Crippen molar-refractivity contribution in [2.24, 2.45) is 11.8 Å². The summed E-state index contributed by atoms with van der Waals surface area (Å²) in [5, 5.41) is 15.1. The molecule has 0 bridgehead atoms. The fourth-order valence-electron chi connectivity index (χ4n) is 4.07. The van der Waals surface area contributed by atoms with Gasteiger partial charge in [-0.3, -0.25) is 4.79 Å². The average Bonchev–Trinajstić information content (AvgIpc) is 3.77. The Morgan fingerprint density at radius 2 is 1.68 bits per heavy atom. The summed E-state index contributed by atoms with van der Waals surface area (Å²) in [7, 11) is 1.40. The molecule has 3 N–H and O–H groups in total. The van der Waals surface area contributed by atoms with E-state index in [9.17, 15) is 29.1 Å². The Morgan fingerprint density at radius 3 is 2.25 bits per heavy atom. The maximum atomic E-state index is 13.5. The maximum absolute atomic E-state index is 13.5. The monoisotopic (exact) mass is 613 g/mol. The molecule has 0 spiro atoms. The van der Waals surface area contributed by atoms with Gasteiger partial charge in [0.25, 0.3) is 5.91 Å². The van der Waals surface area contributed by atoms with Gasteiger partial charge in [0.15, 0.2) is 5.69 Å².